The van der Waals surface area contributed by atoms with Gasteiger partial charge in [0.05, 0.1) is 11.9 Å². The van der Waals surface area contributed by atoms with E-state index in [0.717, 1.165) is 37.4 Å². The van der Waals surface area contributed by atoms with Crippen molar-refractivity contribution >= 4 is 22.3 Å². The fourth-order valence-corrected chi connectivity index (χ4v) is 2.74. The van der Waals surface area contributed by atoms with Gasteiger partial charge in [-0.2, -0.15) is 0 Å². The van der Waals surface area contributed by atoms with Gasteiger partial charge in [0.1, 0.15) is 5.82 Å². The fraction of sp³-hybridized carbons (Fsp3) is 0.400. The molecule has 0 radical (unpaired) electrons. The van der Waals surface area contributed by atoms with Crippen molar-refractivity contribution in [3.63, 3.8) is 0 Å². The summed E-state index contributed by atoms with van der Waals surface area (Å²) in [5, 5.41) is 5.65. The summed E-state index contributed by atoms with van der Waals surface area (Å²) in [4.78, 5) is 7.00. The van der Waals surface area contributed by atoms with Gasteiger partial charge in [0.2, 0.25) is 0 Å². The van der Waals surface area contributed by atoms with Crippen molar-refractivity contribution in [2.24, 2.45) is 5.73 Å². The van der Waals surface area contributed by atoms with E-state index >= 15 is 0 Å². The first kappa shape index (κ1) is 12.2. The van der Waals surface area contributed by atoms with Gasteiger partial charge in [0.25, 0.3) is 0 Å². The van der Waals surface area contributed by atoms with Crippen molar-refractivity contribution in [1.82, 2.24) is 4.98 Å². The number of hydrogen-bond acceptors (Lipinski definition) is 4. The van der Waals surface area contributed by atoms with Crippen molar-refractivity contribution in [3.05, 3.63) is 30.5 Å². The van der Waals surface area contributed by atoms with Gasteiger partial charge in [-0.15, -0.1) is 0 Å². The first-order valence-corrected chi connectivity index (χ1v) is 6.85. The van der Waals surface area contributed by atoms with Crippen LogP contribution in [0.5, 0.6) is 0 Å². The van der Waals surface area contributed by atoms with Crippen LogP contribution < -0.4 is 16.0 Å². The number of nitrogens with one attached hydrogen (secondary N) is 1. The molecule has 19 heavy (non-hydrogen) atoms. The van der Waals surface area contributed by atoms with Crippen LogP contribution >= 0.6 is 0 Å². The lowest BCUT2D eigenvalue weighted by molar-refractivity contribution is 0.499. The fourth-order valence-electron chi connectivity index (χ4n) is 2.74. The van der Waals surface area contributed by atoms with E-state index in [1.165, 1.54) is 10.8 Å². The molecule has 0 bridgehead atoms. The van der Waals surface area contributed by atoms with Gasteiger partial charge in [-0.1, -0.05) is 24.3 Å². The van der Waals surface area contributed by atoms with Crippen LogP contribution in [0, 0.1) is 0 Å². The summed E-state index contributed by atoms with van der Waals surface area (Å²) in [7, 11) is 1.93. The van der Waals surface area contributed by atoms with Crippen molar-refractivity contribution < 1.29 is 0 Å². The van der Waals surface area contributed by atoms with Gasteiger partial charge in [0, 0.05) is 37.0 Å². The number of nitrogens with two attached hydrogens (primary N) is 1. The highest BCUT2D eigenvalue weighted by Gasteiger charge is 2.19. The lowest BCUT2D eigenvalue weighted by atomic mass is 10.0. The van der Waals surface area contributed by atoms with E-state index in [9.17, 15) is 0 Å². The van der Waals surface area contributed by atoms with Crippen LogP contribution in [-0.2, 0) is 0 Å². The lowest BCUT2D eigenvalue weighted by Crippen LogP contribution is -2.40. The maximum Gasteiger partial charge on any atom is 0.136 e. The molecule has 1 aromatic carbocycles. The second-order valence-corrected chi connectivity index (χ2v) is 5.12. The second-order valence-electron chi connectivity index (χ2n) is 5.12. The zero-order valence-corrected chi connectivity index (χ0v) is 11.3. The van der Waals surface area contributed by atoms with Crippen LogP contribution in [-0.4, -0.2) is 31.2 Å². The molecular weight excluding hydrogens is 236 g/mol. The van der Waals surface area contributed by atoms with Crippen molar-refractivity contribution in [3.8, 4) is 0 Å². The number of rotatable bonds is 2. The molecule has 100 valence electrons. The topological polar surface area (TPSA) is 54.2 Å². The molecule has 1 aliphatic heterocycles. The normalized spacial score (nSPS) is 16.8. The predicted octanol–water partition coefficient (Wildman–Crippen LogP) is 2.20. The minimum Gasteiger partial charge on any atom is -0.386 e. The number of aromatic nitrogens is 1. The Balaban J connectivity index is 2.04. The molecule has 0 saturated carbocycles. The lowest BCUT2D eigenvalue weighted by Gasteiger charge is -2.32. The molecule has 1 fully saturated rings. The summed E-state index contributed by atoms with van der Waals surface area (Å²) in [5.41, 5.74) is 7.05. The minimum atomic E-state index is 0.346. The monoisotopic (exact) mass is 256 g/mol. The number of piperidine rings is 1. The highest BCUT2D eigenvalue weighted by Crippen LogP contribution is 2.30. The molecule has 2 heterocycles. The molecule has 3 rings (SSSR count). The number of anilines is 2. The standard InChI is InChI=1S/C15H20N4/c1-17-14-10-18-15(13-5-3-2-4-12(13)14)19-8-6-11(16)7-9-19/h2-5,10-11,17H,6-9,16H2,1H3. The van der Waals surface area contributed by atoms with Crippen LogP contribution in [0.1, 0.15) is 12.8 Å². The summed E-state index contributed by atoms with van der Waals surface area (Å²) >= 11 is 0. The highest BCUT2D eigenvalue weighted by atomic mass is 15.2. The molecule has 0 amide bonds. The highest BCUT2D eigenvalue weighted by molar-refractivity contribution is 6.00. The van der Waals surface area contributed by atoms with E-state index in [1.807, 2.05) is 13.2 Å². The molecule has 0 atom stereocenters. The predicted molar refractivity (Wildman–Crippen MR) is 80.7 cm³/mol. The van der Waals surface area contributed by atoms with Crippen LogP contribution in [0.15, 0.2) is 30.5 Å². The first-order valence-electron chi connectivity index (χ1n) is 6.85. The molecule has 0 spiro atoms. The maximum atomic E-state index is 5.98. The largest absolute Gasteiger partial charge is 0.386 e. The summed E-state index contributed by atoms with van der Waals surface area (Å²) in [6.07, 6.45) is 4.01. The molecule has 4 nitrogen and oxygen atoms in total. The van der Waals surface area contributed by atoms with E-state index in [4.69, 9.17) is 5.73 Å². The molecule has 1 saturated heterocycles. The average Bonchev–Trinajstić information content (AvgIpc) is 2.47. The Morgan fingerprint density at radius 3 is 2.58 bits per heavy atom. The summed E-state index contributed by atoms with van der Waals surface area (Å²) in [6, 6.07) is 8.77. The Morgan fingerprint density at radius 2 is 1.89 bits per heavy atom. The Morgan fingerprint density at radius 1 is 1.21 bits per heavy atom. The quantitative estimate of drug-likeness (QED) is 0.865. The summed E-state index contributed by atoms with van der Waals surface area (Å²) in [5.74, 6) is 1.08. The number of hydrogen-bond donors (Lipinski definition) is 2. The first-order chi connectivity index (χ1) is 9.29. The third-order valence-electron chi connectivity index (χ3n) is 3.88. The molecular formula is C15H20N4. The van der Waals surface area contributed by atoms with E-state index in [-0.39, 0.29) is 0 Å². The number of fused-ring (bicyclic) bond motifs is 1. The smallest absolute Gasteiger partial charge is 0.136 e. The molecule has 3 N–H and O–H groups in total. The van der Waals surface area contributed by atoms with Gasteiger partial charge >= 0.3 is 0 Å². The number of nitrogens with zero attached hydrogens (tertiary/aromatic N) is 2. The van der Waals surface area contributed by atoms with Crippen LogP contribution in [0.3, 0.4) is 0 Å². The number of benzene rings is 1. The Hall–Kier alpha value is -1.81. The molecule has 1 aromatic heterocycles. The van der Waals surface area contributed by atoms with Gasteiger partial charge in [-0.05, 0) is 12.8 Å². The van der Waals surface area contributed by atoms with Gasteiger partial charge < -0.3 is 16.0 Å². The Bertz CT molecular complexity index is 573. The van der Waals surface area contributed by atoms with Crippen molar-refractivity contribution in [1.29, 1.82) is 0 Å². The third kappa shape index (κ3) is 2.24. The second kappa shape index (κ2) is 5.05. The Kier molecular flexibility index (Phi) is 3.25. The zero-order chi connectivity index (χ0) is 13.2. The van der Waals surface area contributed by atoms with Crippen molar-refractivity contribution in [2.45, 2.75) is 18.9 Å². The SMILES string of the molecule is CNc1cnc(N2CCC(N)CC2)c2ccccc12. The van der Waals surface area contributed by atoms with Gasteiger partial charge in [-0.25, -0.2) is 4.98 Å². The Labute approximate surface area is 113 Å². The number of pyridine rings is 1. The van der Waals surface area contributed by atoms with Crippen LogP contribution in [0.25, 0.3) is 10.8 Å². The van der Waals surface area contributed by atoms with Crippen LogP contribution in [0.4, 0.5) is 11.5 Å². The maximum absolute atomic E-state index is 5.98. The van der Waals surface area contributed by atoms with Gasteiger partial charge in [0.15, 0.2) is 0 Å². The van der Waals surface area contributed by atoms with Crippen molar-refractivity contribution in [2.75, 3.05) is 30.4 Å². The van der Waals surface area contributed by atoms with Gasteiger partial charge in [-0.3, -0.25) is 0 Å². The van der Waals surface area contributed by atoms with E-state index in [2.05, 4.69) is 39.5 Å². The molecule has 1 aliphatic rings. The molecule has 2 aromatic rings. The van der Waals surface area contributed by atoms with E-state index in [0.29, 0.717) is 6.04 Å². The third-order valence-corrected chi connectivity index (χ3v) is 3.88. The molecule has 4 heteroatoms. The van der Waals surface area contributed by atoms with E-state index in [1.54, 1.807) is 0 Å². The van der Waals surface area contributed by atoms with E-state index < -0.39 is 0 Å². The molecule has 0 unspecified atom stereocenters. The summed E-state index contributed by atoms with van der Waals surface area (Å²) in [6.45, 7) is 1.99. The minimum absolute atomic E-state index is 0.346. The summed E-state index contributed by atoms with van der Waals surface area (Å²) < 4.78 is 0. The van der Waals surface area contributed by atoms with Crippen LogP contribution in [0.2, 0.25) is 0 Å². The molecule has 0 aliphatic carbocycles. The average molecular weight is 256 g/mol. The zero-order valence-electron chi connectivity index (χ0n) is 11.3.